The Balaban J connectivity index is 1.86. The van der Waals surface area contributed by atoms with Crippen LogP contribution in [0.3, 0.4) is 0 Å². The molecule has 0 saturated carbocycles. The van der Waals surface area contributed by atoms with Crippen molar-refractivity contribution in [2.45, 2.75) is 39.5 Å². The third-order valence-electron chi connectivity index (χ3n) is 3.32. The van der Waals surface area contributed by atoms with Gasteiger partial charge in [-0.3, -0.25) is 9.59 Å². The molecule has 114 valence electrons. The highest BCUT2D eigenvalue weighted by Crippen LogP contribution is 2.22. The first kappa shape index (κ1) is 15.2. The molecule has 2 heterocycles. The zero-order chi connectivity index (χ0) is 15.6. The van der Waals surface area contributed by atoms with Crippen LogP contribution in [-0.4, -0.2) is 29.1 Å². The first-order valence-corrected chi connectivity index (χ1v) is 6.87. The minimum atomic E-state index is -0.376. The number of rotatable bonds is 4. The average Bonchev–Trinajstić information content (AvgIpc) is 2.99. The zero-order valence-electron chi connectivity index (χ0n) is 12.7. The highest BCUT2D eigenvalue weighted by molar-refractivity contribution is 6.06. The molecule has 1 aliphatic heterocycles. The van der Waals surface area contributed by atoms with Crippen LogP contribution in [0.1, 0.15) is 50.6 Å². The Morgan fingerprint density at radius 3 is 2.71 bits per heavy atom. The lowest BCUT2D eigenvalue weighted by Gasteiger charge is -2.13. The van der Waals surface area contributed by atoms with E-state index >= 15 is 0 Å². The highest BCUT2D eigenvalue weighted by Gasteiger charge is 2.27. The van der Waals surface area contributed by atoms with E-state index in [0.29, 0.717) is 18.7 Å². The molecule has 2 N–H and O–H groups in total. The van der Waals surface area contributed by atoms with E-state index in [0.717, 1.165) is 5.71 Å². The maximum absolute atomic E-state index is 11.9. The van der Waals surface area contributed by atoms with Crippen molar-refractivity contribution in [2.75, 3.05) is 6.54 Å². The summed E-state index contributed by atoms with van der Waals surface area (Å²) >= 11 is 0. The topological polar surface area (TPSA) is 96.6 Å². The summed E-state index contributed by atoms with van der Waals surface area (Å²) in [6, 6.07) is 0. The second kappa shape index (κ2) is 5.67. The highest BCUT2D eigenvalue weighted by atomic mass is 16.4. The lowest BCUT2D eigenvalue weighted by atomic mass is 9.94. The summed E-state index contributed by atoms with van der Waals surface area (Å²) in [5, 5.41) is 6.56. The van der Waals surface area contributed by atoms with E-state index in [-0.39, 0.29) is 29.0 Å². The third kappa shape index (κ3) is 3.48. The molecule has 7 nitrogen and oxygen atoms in total. The molecule has 1 atom stereocenters. The molecule has 0 aromatic carbocycles. The SMILES string of the molecule is CC1=NNC(=O)C1CCNC(=O)c1ncc(C(C)(C)C)o1. The molecule has 0 saturated heterocycles. The van der Waals surface area contributed by atoms with Gasteiger partial charge in [0, 0.05) is 17.7 Å². The van der Waals surface area contributed by atoms with Crippen molar-refractivity contribution in [2.24, 2.45) is 11.0 Å². The summed E-state index contributed by atoms with van der Waals surface area (Å²) in [6.07, 6.45) is 2.07. The van der Waals surface area contributed by atoms with Gasteiger partial charge in [0.25, 0.3) is 5.89 Å². The Morgan fingerprint density at radius 2 is 2.19 bits per heavy atom. The largest absolute Gasteiger partial charge is 0.437 e. The van der Waals surface area contributed by atoms with Gasteiger partial charge in [-0.1, -0.05) is 20.8 Å². The van der Waals surface area contributed by atoms with Crippen molar-refractivity contribution in [1.29, 1.82) is 0 Å². The van der Waals surface area contributed by atoms with Crippen LogP contribution in [0.15, 0.2) is 15.7 Å². The van der Waals surface area contributed by atoms with Gasteiger partial charge in [0.05, 0.1) is 12.1 Å². The molecule has 1 aliphatic rings. The number of hydrazone groups is 1. The number of carbonyl (C=O) groups excluding carboxylic acids is 2. The Hall–Kier alpha value is -2.18. The van der Waals surface area contributed by atoms with Crippen LogP contribution in [0.25, 0.3) is 0 Å². The molecule has 1 aromatic heterocycles. The molecule has 2 rings (SSSR count). The van der Waals surface area contributed by atoms with Gasteiger partial charge in [-0.25, -0.2) is 10.4 Å². The van der Waals surface area contributed by atoms with E-state index < -0.39 is 0 Å². The Morgan fingerprint density at radius 1 is 1.48 bits per heavy atom. The van der Waals surface area contributed by atoms with Crippen LogP contribution in [0.4, 0.5) is 0 Å². The van der Waals surface area contributed by atoms with Crippen LogP contribution in [0.5, 0.6) is 0 Å². The fourth-order valence-corrected chi connectivity index (χ4v) is 1.96. The molecule has 7 heteroatoms. The third-order valence-corrected chi connectivity index (χ3v) is 3.32. The molecule has 0 spiro atoms. The summed E-state index contributed by atoms with van der Waals surface area (Å²) < 4.78 is 5.45. The Bertz CT molecular complexity index is 583. The van der Waals surface area contributed by atoms with Crippen molar-refractivity contribution in [3.63, 3.8) is 0 Å². The van der Waals surface area contributed by atoms with Crippen LogP contribution in [0, 0.1) is 5.92 Å². The standard InChI is InChI=1S/C14H20N4O3/c1-8-9(11(19)18-17-8)5-6-15-12(20)13-16-7-10(21-13)14(2,3)4/h7,9H,5-6H2,1-4H3,(H,15,20)(H,18,19). The Labute approximate surface area is 123 Å². The molecule has 1 aromatic rings. The van der Waals surface area contributed by atoms with Crippen molar-refractivity contribution in [3.05, 3.63) is 17.8 Å². The van der Waals surface area contributed by atoms with Crippen LogP contribution < -0.4 is 10.7 Å². The molecule has 0 radical (unpaired) electrons. The summed E-state index contributed by atoms with van der Waals surface area (Å²) in [7, 11) is 0. The number of nitrogens with one attached hydrogen (secondary N) is 2. The first-order chi connectivity index (χ1) is 9.79. The summed E-state index contributed by atoms with van der Waals surface area (Å²) in [6.45, 7) is 8.09. The normalized spacial score (nSPS) is 18.4. The first-order valence-electron chi connectivity index (χ1n) is 6.87. The van der Waals surface area contributed by atoms with Gasteiger partial charge in [0.15, 0.2) is 0 Å². The molecular formula is C14H20N4O3. The number of nitrogens with zero attached hydrogens (tertiary/aromatic N) is 2. The summed E-state index contributed by atoms with van der Waals surface area (Å²) in [4.78, 5) is 27.4. The van der Waals surface area contributed by atoms with E-state index in [1.165, 1.54) is 0 Å². The molecule has 0 aliphatic carbocycles. The van der Waals surface area contributed by atoms with Gasteiger partial charge in [-0.2, -0.15) is 5.10 Å². The van der Waals surface area contributed by atoms with Crippen molar-refractivity contribution < 1.29 is 14.0 Å². The van der Waals surface area contributed by atoms with E-state index in [2.05, 4.69) is 20.8 Å². The molecule has 0 fully saturated rings. The molecule has 2 amide bonds. The zero-order valence-corrected chi connectivity index (χ0v) is 12.7. The second-order valence-corrected chi connectivity index (χ2v) is 6.11. The average molecular weight is 292 g/mol. The molecule has 1 unspecified atom stereocenters. The number of oxazole rings is 1. The van der Waals surface area contributed by atoms with Gasteiger partial charge >= 0.3 is 5.91 Å². The number of amides is 2. The van der Waals surface area contributed by atoms with Crippen molar-refractivity contribution in [1.82, 2.24) is 15.7 Å². The van der Waals surface area contributed by atoms with Gasteiger partial charge < -0.3 is 9.73 Å². The number of carbonyl (C=O) groups is 2. The summed E-state index contributed by atoms with van der Waals surface area (Å²) in [5.41, 5.74) is 2.96. The molecule has 0 bridgehead atoms. The fourth-order valence-electron chi connectivity index (χ4n) is 1.96. The van der Waals surface area contributed by atoms with E-state index in [4.69, 9.17) is 4.42 Å². The van der Waals surface area contributed by atoms with Gasteiger partial charge in [-0.15, -0.1) is 0 Å². The van der Waals surface area contributed by atoms with Crippen LogP contribution >= 0.6 is 0 Å². The maximum atomic E-state index is 11.9. The van der Waals surface area contributed by atoms with Crippen LogP contribution in [0.2, 0.25) is 0 Å². The molecule has 21 heavy (non-hydrogen) atoms. The van der Waals surface area contributed by atoms with Gasteiger partial charge in [-0.05, 0) is 13.3 Å². The lowest BCUT2D eigenvalue weighted by Crippen LogP contribution is -2.30. The number of hydrogen-bond donors (Lipinski definition) is 2. The lowest BCUT2D eigenvalue weighted by molar-refractivity contribution is -0.122. The van der Waals surface area contributed by atoms with Crippen LogP contribution in [-0.2, 0) is 10.2 Å². The minimum absolute atomic E-state index is 0.0428. The van der Waals surface area contributed by atoms with E-state index in [9.17, 15) is 9.59 Å². The van der Waals surface area contributed by atoms with Crippen molar-refractivity contribution >= 4 is 17.5 Å². The smallest absolute Gasteiger partial charge is 0.307 e. The van der Waals surface area contributed by atoms with Crippen molar-refractivity contribution in [3.8, 4) is 0 Å². The fraction of sp³-hybridized carbons (Fsp3) is 0.571. The Kier molecular flexibility index (Phi) is 4.11. The maximum Gasteiger partial charge on any atom is 0.307 e. The minimum Gasteiger partial charge on any atom is -0.437 e. The number of aromatic nitrogens is 1. The van der Waals surface area contributed by atoms with E-state index in [1.807, 2.05) is 20.8 Å². The van der Waals surface area contributed by atoms with Gasteiger partial charge in [0.2, 0.25) is 5.91 Å². The van der Waals surface area contributed by atoms with E-state index in [1.54, 1.807) is 13.1 Å². The predicted octanol–water partition coefficient (Wildman–Crippen LogP) is 1.21. The van der Waals surface area contributed by atoms with Gasteiger partial charge in [0.1, 0.15) is 5.76 Å². The number of hydrogen-bond acceptors (Lipinski definition) is 5. The summed E-state index contributed by atoms with van der Waals surface area (Å²) in [5.74, 6) is -0.0848. The second-order valence-electron chi connectivity index (χ2n) is 6.11. The quantitative estimate of drug-likeness (QED) is 0.871. The monoisotopic (exact) mass is 292 g/mol. The molecular weight excluding hydrogens is 272 g/mol. The predicted molar refractivity (Wildman–Crippen MR) is 76.9 cm³/mol.